The number of halogens is 3. The van der Waals surface area contributed by atoms with E-state index in [0.717, 1.165) is 12.1 Å². The number of fused-ring (bicyclic) bond motifs is 1. The largest absolute Gasteiger partial charge is 0.464 e. The molecule has 7 heteroatoms. The summed E-state index contributed by atoms with van der Waals surface area (Å²) >= 11 is 0. The number of anilines is 2. The monoisotopic (exact) mass is 274 g/mol. The molecule has 1 atom stereocenters. The van der Waals surface area contributed by atoms with Gasteiger partial charge < -0.3 is 15.4 Å². The predicted molar refractivity (Wildman–Crippen MR) is 64.0 cm³/mol. The second-order valence-electron chi connectivity index (χ2n) is 4.09. The van der Waals surface area contributed by atoms with Gasteiger partial charge >= 0.3 is 12.1 Å². The van der Waals surface area contributed by atoms with Gasteiger partial charge in [0.15, 0.2) is 0 Å². The molecule has 0 saturated carbocycles. The van der Waals surface area contributed by atoms with Crippen LogP contribution in [-0.2, 0) is 15.7 Å². The van der Waals surface area contributed by atoms with E-state index in [9.17, 15) is 18.0 Å². The Bertz CT molecular complexity index is 488. The second-order valence-corrected chi connectivity index (χ2v) is 4.09. The van der Waals surface area contributed by atoms with Crippen molar-refractivity contribution in [3.8, 4) is 0 Å². The lowest BCUT2D eigenvalue weighted by Crippen LogP contribution is -2.40. The highest BCUT2D eigenvalue weighted by atomic mass is 19.4. The van der Waals surface area contributed by atoms with Crippen LogP contribution in [0.15, 0.2) is 18.2 Å². The maximum Gasteiger partial charge on any atom is 0.416 e. The van der Waals surface area contributed by atoms with Gasteiger partial charge in [-0.2, -0.15) is 13.2 Å². The van der Waals surface area contributed by atoms with Crippen LogP contribution in [0.5, 0.6) is 0 Å². The molecular weight excluding hydrogens is 261 g/mol. The van der Waals surface area contributed by atoms with Crippen LogP contribution >= 0.6 is 0 Å². The molecule has 0 saturated heterocycles. The summed E-state index contributed by atoms with van der Waals surface area (Å²) in [5.41, 5.74) is 0.0582. The molecule has 1 heterocycles. The van der Waals surface area contributed by atoms with E-state index in [1.54, 1.807) is 6.92 Å². The Hall–Kier alpha value is -1.92. The van der Waals surface area contributed by atoms with Crippen molar-refractivity contribution in [1.82, 2.24) is 0 Å². The summed E-state index contributed by atoms with van der Waals surface area (Å²) in [6, 6.07) is 2.70. The van der Waals surface area contributed by atoms with Crippen LogP contribution in [0, 0.1) is 0 Å². The molecule has 0 spiro atoms. The van der Waals surface area contributed by atoms with E-state index >= 15 is 0 Å². The average molecular weight is 274 g/mol. The summed E-state index contributed by atoms with van der Waals surface area (Å²) in [5, 5.41) is 5.66. The molecule has 0 aromatic heterocycles. The van der Waals surface area contributed by atoms with Crippen molar-refractivity contribution in [2.24, 2.45) is 0 Å². The first-order chi connectivity index (χ1) is 8.91. The molecule has 1 aliphatic rings. The Balaban J connectivity index is 2.17. The molecule has 1 aliphatic heterocycles. The van der Waals surface area contributed by atoms with E-state index in [4.69, 9.17) is 4.74 Å². The van der Waals surface area contributed by atoms with E-state index in [1.807, 2.05) is 0 Å². The Labute approximate surface area is 107 Å². The number of carbonyl (C=O) groups is 1. The number of hydrogen-bond donors (Lipinski definition) is 2. The van der Waals surface area contributed by atoms with Gasteiger partial charge in [0.2, 0.25) is 0 Å². The lowest BCUT2D eigenvalue weighted by atomic mass is 10.1. The van der Waals surface area contributed by atoms with Crippen molar-refractivity contribution in [2.75, 3.05) is 23.8 Å². The molecule has 1 aromatic rings. The highest BCUT2D eigenvalue weighted by molar-refractivity contribution is 5.85. The van der Waals surface area contributed by atoms with Crippen LogP contribution in [0.3, 0.4) is 0 Å². The topological polar surface area (TPSA) is 50.4 Å². The fourth-order valence-corrected chi connectivity index (χ4v) is 1.83. The fraction of sp³-hybridized carbons (Fsp3) is 0.417. The van der Waals surface area contributed by atoms with Gasteiger partial charge in [0.1, 0.15) is 6.04 Å². The summed E-state index contributed by atoms with van der Waals surface area (Å²) in [4.78, 5) is 11.5. The highest BCUT2D eigenvalue weighted by Crippen LogP contribution is 2.35. The zero-order valence-electron chi connectivity index (χ0n) is 10.2. The maximum atomic E-state index is 12.5. The summed E-state index contributed by atoms with van der Waals surface area (Å²) in [6.45, 7) is 2.14. The van der Waals surface area contributed by atoms with Crippen molar-refractivity contribution in [1.29, 1.82) is 0 Å². The summed E-state index contributed by atoms with van der Waals surface area (Å²) in [5.74, 6) is -0.430. The van der Waals surface area contributed by atoms with E-state index < -0.39 is 23.8 Å². The van der Waals surface area contributed by atoms with Crippen LogP contribution in [-0.4, -0.2) is 25.2 Å². The Kier molecular flexibility index (Phi) is 3.55. The van der Waals surface area contributed by atoms with Crippen LogP contribution in [0.25, 0.3) is 0 Å². The maximum absolute atomic E-state index is 12.5. The third-order valence-electron chi connectivity index (χ3n) is 2.74. The minimum atomic E-state index is -4.38. The quantitative estimate of drug-likeness (QED) is 0.813. The van der Waals surface area contributed by atoms with E-state index in [1.165, 1.54) is 6.07 Å². The Morgan fingerprint density at radius 3 is 2.79 bits per heavy atom. The first kappa shape index (κ1) is 13.5. The van der Waals surface area contributed by atoms with Crippen LogP contribution in [0.1, 0.15) is 12.5 Å². The molecule has 1 unspecified atom stereocenters. The molecule has 0 radical (unpaired) electrons. The number of hydrogen-bond acceptors (Lipinski definition) is 4. The van der Waals surface area contributed by atoms with Crippen LogP contribution < -0.4 is 10.6 Å². The van der Waals surface area contributed by atoms with Gasteiger partial charge in [0.25, 0.3) is 0 Å². The lowest BCUT2D eigenvalue weighted by Gasteiger charge is -2.27. The number of rotatable bonds is 2. The van der Waals surface area contributed by atoms with Gasteiger partial charge in [0, 0.05) is 6.54 Å². The fourth-order valence-electron chi connectivity index (χ4n) is 1.83. The second kappa shape index (κ2) is 4.99. The summed E-state index contributed by atoms with van der Waals surface area (Å²) in [6.07, 6.45) is -4.38. The van der Waals surface area contributed by atoms with Gasteiger partial charge in [0.05, 0.1) is 23.5 Å². The minimum Gasteiger partial charge on any atom is -0.464 e. The molecule has 0 amide bonds. The number of benzene rings is 1. The van der Waals surface area contributed by atoms with Crippen LogP contribution in [0.4, 0.5) is 24.5 Å². The first-order valence-electron chi connectivity index (χ1n) is 5.80. The van der Waals surface area contributed by atoms with Gasteiger partial charge in [-0.15, -0.1) is 0 Å². The van der Waals surface area contributed by atoms with Crippen molar-refractivity contribution in [2.45, 2.75) is 19.1 Å². The molecule has 0 fully saturated rings. The Morgan fingerprint density at radius 2 is 2.16 bits per heavy atom. The summed E-state index contributed by atoms with van der Waals surface area (Å²) < 4.78 is 42.5. The third kappa shape index (κ3) is 2.91. The third-order valence-corrected chi connectivity index (χ3v) is 2.74. The molecule has 1 aromatic carbocycles. The Morgan fingerprint density at radius 1 is 1.42 bits per heavy atom. The van der Waals surface area contributed by atoms with Gasteiger partial charge in [-0.25, -0.2) is 4.79 Å². The first-order valence-corrected chi connectivity index (χ1v) is 5.80. The molecule has 0 aliphatic carbocycles. The normalized spacial score (nSPS) is 18.0. The average Bonchev–Trinajstić information content (AvgIpc) is 2.36. The molecule has 4 nitrogen and oxygen atoms in total. The van der Waals surface area contributed by atoms with Gasteiger partial charge in [-0.1, -0.05) is 0 Å². The zero-order valence-corrected chi connectivity index (χ0v) is 10.2. The van der Waals surface area contributed by atoms with E-state index in [0.29, 0.717) is 11.4 Å². The number of carbonyl (C=O) groups excluding carboxylic acids is 1. The zero-order chi connectivity index (χ0) is 14.0. The molecular formula is C12H13F3N2O2. The van der Waals surface area contributed by atoms with E-state index in [-0.39, 0.29) is 13.2 Å². The predicted octanol–water partition coefficient (Wildman–Crippen LogP) is 2.47. The number of alkyl halides is 3. The molecule has 2 rings (SSSR count). The lowest BCUT2D eigenvalue weighted by molar-refractivity contribution is -0.143. The SMILES string of the molecule is CCOC(=O)C1CNc2cc(C(F)(F)F)ccc2N1. The standard InChI is InChI=1S/C12H13F3N2O2/c1-2-19-11(18)10-6-16-9-5-7(12(13,14)15)3-4-8(9)17-10/h3-5,10,16-17H,2,6H2,1H3. The molecule has 2 N–H and O–H groups in total. The molecule has 104 valence electrons. The van der Waals surface area contributed by atoms with E-state index in [2.05, 4.69) is 10.6 Å². The number of esters is 1. The highest BCUT2D eigenvalue weighted by Gasteiger charge is 2.32. The number of nitrogens with one attached hydrogen (secondary N) is 2. The van der Waals surface area contributed by atoms with Crippen molar-refractivity contribution in [3.63, 3.8) is 0 Å². The number of ether oxygens (including phenoxy) is 1. The van der Waals surface area contributed by atoms with Gasteiger partial charge in [-0.3, -0.25) is 0 Å². The smallest absolute Gasteiger partial charge is 0.416 e. The van der Waals surface area contributed by atoms with Crippen molar-refractivity contribution in [3.05, 3.63) is 23.8 Å². The van der Waals surface area contributed by atoms with Crippen molar-refractivity contribution >= 4 is 17.3 Å². The minimum absolute atomic E-state index is 0.188. The van der Waals surface area contributed by atoms with Crippen LogP contribution in [0.2, 0.25) is 0 Å². The van der Waals surface area contributed by atoms with Gasteiger partial charge in [-0.05, 0) is 25.1 Å². The van der Waals surface area contributed by atoms with Crippen molar-refractivity contribution < 1.29 is 22.7 Å². The summed E-state index contributed by atoms with van der Waals surface area (Å²) in [7, 11) is 0. The molecule has 19 heavy (non-hydrogen) atoms. The molecule has 0 bridgehead atoms.